The van der Waals surface area contributed by atoms with Crippen LogP contribution in [0.5, 0.6) is 0 Å². The number of aliphatic carboxylic acids is 1. The highest BCUT2D eigenvalue weighted by molar-refractivity contribution is 7.13. The number of carbonyl (C=O) groups is 2. The van der Waals surface area contributed by atoms with Gasteiger partial charge in [0.1, 0.15) is 17.5 Å². The van der Waals surface area contributed by atoms with Crippen molar-refractivity contribution in [3.8, 4) is 10.8 Å². The molecule has 0 saturated carbocycles. The zero-order chi connectivity index (χ0) is 15.0. The average Bonchev–Trinajstić information content (AvgIpc) is 3.17. The molecule has 1 saturated heterocycles. The number of thiazole rings is 1. The van der Waals surface area contributed by atoms with Crippen LogP contribution in [0.2, 0.25) is 0 Å². The number of rotatable bonds is 3. The van der Waals surface area contributed by atoms with E-state index in [1.165, 1.54) is 16.2 Å². The van der Waals surface area contributed by atoms with Crippen LogP contribution in [0.1, 0.15) is 29.1 Å². The predicted molar refractivity (Wildman–Crippen MR) is 76.2 cm³/mol. The lowest BCUT2D eigenvalue weighted by molar-refractivity contribution is -0.141. The highest BCUT2D eigenvalue weighted by Gasteiger charge is 2.35. The zero-order valence-electron chi connectivity index (χ0n) is 11.4. The van der Waals surface area contributed by atoms with Gasteiger partial charge in [-0.2, -0.15) is 0 Å². The molecule has 21 heavy (non-hydrogen) atoms. The summed E-state index contributed by atoms with van der Waals surface area (Å²) < 4.78 is 5.48. The monoisotopic (exact) mass is 306 g/mol. The quantitative estimate of drug-likeness (QED) is 0.941. The maximum atomic E-state index is 12.4. The number of hydrogen-bond acceptors (Lipinski definition) is 5. The number of aryl methyl sites for hydroxylation is 1. The van der Waals surface area contributed by atoms with E-state index in [0.717, 1.165) is 5.76 Å². The molecule has 2 aromatic heterocycles. The Hall–Kier alpha value is -2.15. The molecule has 1 atom stereocenters. The van der Waals surface area contributed by atoms with Crippen LogP contribution in [-0.4, -0.2) is 39.5 Å². The van der Waals surface area contributed by atoms with Gasteiger partial charge in [0.2, 0.25) is 0 Å². The second-order valence-electron chi connectivity index (χ2n) is 4.94. The summed E-state index contributed by atoms with van der Waals surface area (Å²) in [6, 6.07) is 2.89. The van der Waals surface area contributed by atoms with Gasteiger partial charge in [0.05, 0.1) is 0 Å². The summed E-state index contributed by atoms with van der Waals surface area (Å²) in [6.07, 6.45) is 1.20. The molecule has 6 nitrogen and oxygen atoms in total. The summed E-state index contributed by atoms with van der Waals surface area (Å²) in [4.78, 5) is 29.2. The molecule has 0 bridgehead atoms. The average molecular weight is 306 g/mol. The molecule has 0 radical (unpaired) electrons. The zero-order valence-corrected chi connectivity index (χ0v) is 12.2. The maximum Gasteiger partial charge on any atom is 0.326 e. The number of furan rings is 1. The van der Waals surface area contributed by atoms with Crippen LogP contribution >= 0.6 is 11.3 Å². The number of carboxylic acid groups (broad SMARTS) is 1. The van der Waals surface area contributed by atoms with Gasteiger partial charge < -0.3 is 14.4 Å². The van der Waals surface area contributed by atoms with Crippen molar-refractivity contribution in [1.82, 2.24) is 9.88 Å². The Bertz CT molecular complexity index is 691. The van der Waals surface area contributed by atoms with E-state index in [1.54, 1.807) is 11.4 Å². The molecule has 1 aliphatic heterocycles. The Morgan fingerprint density at radius 3 is 2.95 bits per heavy atom. The van der Waals surface area contributed by atoms with Crippen molar-refractivity contribution in [3.63, 3.8) is 0 Å². The van der Waals surface area contributed by atoms with Gasteiger partial charge in [-0.3, -0.25) is 4.79 Å². The normalized spacial score (nSPS) is 18.1. The number of hydrogen-bond donors (Lipinski definition) is 1. The highest BCUT2D eigenvalue weighted by atomic mass is 32.1. The van der Waals surface area contributed by atoms with E-state index >= 15 is 0 Å². The van der Waals surface area contributed by atoms with Crippen molar-refractivity contribution >= 4 is 23.2 Å². The van der Waals surface area contributed by atoms with Crippen molar-refractivity contribution in [3.05, 3.63) is 29.0 Å². The van der Waals surface area contributed by atoms with Gasteiger partial charge in [-0.15, -0.1) is 11.3 Å². The van der Waals surface area contributed by atoms with E-state index in [4.69, 9.17) is 9.52 Å². The third-order valence-corrected chi connectivity index (χ3v) is 4.33. The van der Waals surface area contributed by atoms with Gasteiger partial charge in [-0.05, 0) is 31.9 Å². The minimum atomic E-state index is -0.960. The second-order valence-corrected chi connectivity index (χ2v) is 5.80. The highest BCUT2D eigenvalue weighted by Crippen LogP contribution is 2.27. The van der Waals surface area contributed by atoms with E-state index in [0.29, 0.717) is 30.2 Å². The first-order valence-electron chi connectivity index (χ1n) is 6.62. The van der Waals surface area contributed by atoms with E-state index in [2.05, 4.69) is 4.98 Å². The van der Waals surface area contributed by atoms with Crippen LogP contribution in [0, 0.1) is 6.92 Å². The Kier molecular flexibility index (Phi) is 3.50. The first-order valence-corrected chi connectivity index (χ1v) is 7.50. The van der Waals surface area contributed by atoms with E-state index < -0.39 is 12.0 Å². The van der Waals surface area contributed by atoms with Crippen molar-refractivity contribution < 1.29 is 19.1 Å². The van der Waals surface area contributed by atoms with Crippen molar-refractivity contribution in [1.29, 1.82) is 0 Å². The Labute approximate surface area is 125 Å². The molecule has 1 fully saturated rings. The van der Waals surface area contributed by atoms with Gasteiger partial charge in [0.15, 0.2) is 10.8 Å². The molecule has 3 rings (SSSR count). The lowest BCUT2D eigenvalue weighted by Crippen LogP contribution is -2.40. The molecule has 1 N–H and O–H groups in total. The summed E-state index contributed by atoms with van der Waals surface area (Å²) in [5, 5.41) is 11.4. The van der Waals surface area contributed by atoms with E-state index in [9.17, 15) is 9.59 Å². The number of carbonyl (C=O) groups excluding carboxylic acids is 1. The fourth-order valence-corrected chi connectivity index (χ4v) is 3.20. The van der Waals surface area contributed by atoms with Crippen LogP contribution < -0.4 is 0 Å². The molecular formula is C14H14N2O4S. The fraction of sp³-hybridized carbons (Fsp3) is 0.357. The number of carboxylic acids is 1. The van der Waals surface area contributed by atoms with Crippen LogP contribution in [-0.2, 0) is 4.79 Å². The lowest BCUT2D eigenvalue weighted by Gasteiger charge is -2.20. The standard InChI is InChI=1S/C14H14N2O4S/c1-8-4-5-11(20-8)12-15-9(7-21-12)13(17)16-6-2-3-10(16)14(18)19/h4-5,7,10H,2-3,6H2,1H3,(H,18,19)/t10-/m0/s1. The van der Waals surface area contributed by atoms with E-state index in [1.807, 2.05) is 13.0 Å². The molecular weight excluding hydrogens is 292 g/mol. The molecule has 0 spiro atoms. The summed E-state index contributed by atoms with van der Waals surface area (Å²) in [6.45, 7) is 2.30. The molecule has 1 amide bonds. The summed E-state index contributed by atoms with van der Waals surface area (Å²) in [5.74, 6) is 0.106. The second kappa shape index (κ2) is 5.33. The van der Waals surface area contributed by atoms with Gasteiger partial charge in [0, 0.05) is 11.9 Å². The minimum Gasteiger partial charge on any atom is -0.480 e. The SMILES string of the molecule is Cc1ccc(-c2nc(C(=O)N3CCC[C@H]3C(=O)O)cs2)o1. The largest absolute Gasteiger partial charge is 0.480 e. The van der Waals surface area contributed by atoms with Crippen molar-refractivity contribution in [2.24, 2.45) is 0 Å². The van der Waals surface area contributed by atoms with Gasteiger partial charge in [0.25, 0.3) is 5.91 Å². The Balaban J connectivity index is 1.83. The summed E-state index contributed by atoms with van der Waals surface area (Å²) in [5.41, 5.74) is 0.275. The Morgan fingerprint density at radius 1 is 1.48 bits per heavy atom. The van der Waals surface area contributed by atoms with Gasteiger partial charge in [-0.1, -0.05) is 0 Å². The smallest absolute Gasteiger partial charge is 0.326 e. The van der Waals surface area contributed by atoms with E-state index in [-0.39, 0.29) is 11.6 Å². The number of nitrogens with zero attached hydrogens (tertiary/aromatic N) is 2. The number of aromatic nitrogens is 1. The number of amides is 1. The molecule has 2 aromatic rings. The Morgan fingerprint density at radius 2 is 2.29 bits per heavy atom. The van der Waals surface area contributed by atoms with Gasteiger partial charge >= 0.3 is 5.97 Å². The first kappa shape index (κ1) is 13.8. The molecule has 3 heterocycles. The van der Waals surface area contributed by atoms with Crippen LogP contribution in [0.15, 0.2) is 21.9 Å². The lowest BCUT2D eigenvalue weighted by atomic mass is 10.2. The third kappa shape index (κ3) is 2.56. The molecule has 1 aliphatic rings. The molecule has 0 unspecified atom stereocenters. The first-order chi connectivity index (χ1) is 10.1. The van der Waals surface area contributed by atoms with Crippen LogP contribution in [0.3, 0.4) is 0 Å². The van der Waals surface area contributed by atoms with Crippen molar-refractivity contribution in [2.75, 3.05) is 6.54 Å². The van der Waals surface area contributed by atoms with Gasteiger partial charge in [-0.25, -0.2) is 9.78 Å². The van der Waals surface area contributed by atoms with Crippen LogP contribution in [0.25, 0.3) is 10.8 Å². The fourth-order valence-electron chi connectivity index (χ4n) is 2.45. The van der Waals surface area contributed by atoms with Crippen molar-refractivity contribution in [2.45, 2.75) is 25.8 Å². The molecule has 7 heteroatoms. The molecule has 0 aromatic carbocycles. The molecule has 0 aliphatic carbocycles. The third-order valence-electron chi connectivity index (χ3n) is 3.47. The number of likely N-dealkylation sites (tertiary alicyclic amines) is 1. The topological polar surface area (TPSA) is 83.6 Å². The van der Waals surface area contributed by atoms with Crippen LogP contribution in [0.4, 0.5) is 0 Å². The predicted octanol–water partition coefficient (Wildman–Crippen LogP) is 2.40. The summed E-state index contributed by atoms with van der Waals surface area (Å²) in [7, 11) is 0. The summed E-state index contributed by atoms with van der Waals surface area (Å²) >= 11 is 1.31. The maximum absolute atomic E-state index is 12.4. The molecule has 110 valence electrons. The minimum absolute atomic E-state index is 0.275.